The molecule has 53 heavy (non-hydrogen) atoms. The molecular formula is C51H36N2. The molecule has 0 amide bonds. The van der Waals surface area contributed by atoms with Crippen LogP contribution < -0.4 is 0 Å². The van der Waals surface area contributed by atoms with Crippen molar-refractivity contribution in [3.05, 3.63) is 193 Å². The van der Waals surface area contributed by atoms with Crippen LogP contribution in [0.15, 0.2) is 182 Å². The highest BCUT2D eigenvalue weighted by Crippen LogP contribution is 2.54. The van der Waals surface area contributed by atoms with E-state index < -0.39 is 0 Å². The lowest BCUT2D eigenvalue weighted by Gasteiger charge is -2.23. The molecule has 1 aliphatic rings. The summed E-state index contributed by atoms with van der Waals surface area (Å²) in [5.41, 5.74) is 15.2. The second-order valence-electron chi connectivity index (χ2n) is 14.5. The maximum atomic E-state index is 5.38. The molecule has 10 rings (SSSR count). The zero-order valence-corrected chi connectivity index (χ0v) is 29.7. The van der Waals surface area contributed by atoms with E-state index in [0.717, 1.165) is 28.1 Å². The predicted molar refractivity (Wildman–Crippen MR) is 222 cm³/mol. The van der Waals surface area contributed by atoms with Crippen LogP contribution >= 0.6 is 0 Å². The third kappa shape index (κ3) is 5.02. The highest BCUT2D eigenvalue weighted by atomic mass is 14.9. The standard InChI is InChI=1S/C51H36N2/c1-51(2)43-27-15-14-25-40(43)48-41(26-16-28-44(48)51)47-37-23-12-13-24-38(37)49(39-30-29-36(31-42(39)47)33-17-6-3-7-18-33)46-32-45(34-19-8-4-9-20-34)52-50(53-46)35-21-10-5-11-22-35/h3-32H,1-2H3. The Kier molecular flexibility index (Phi) is 7.19. The molecule has 250 valence electrons. The number of benzene rings is 8. The highest BCUT2D eigenvalue weighted by molar-refractivity contribution is 6.23. The molecule has 2 nitrogen and oxygen atoms in total. The summed E-state index contributed by atoms with van der Waals surface area (Å²) in [7, 11) is 0. The van der Waals surface area contributed by atoms with Gasteiger partial charge in [-0.05, 0) is 78.2 Å². The summed E-state index contributed by atoms with van der Waals surface area (Å²) >= 11 is 0. The second-order valence-corrected chi connectivity index (χ2v) is 14.5. The number of hydrogen-bond donors (Lipinski definition) is 0. The quantitative estimate of drug-likeness (QED) is 0.170. The van der Waals surface area contributed by atoms with Crippen LogP contribution in [-0.2, 0) is 5.41 Å². The Morgan fingerprint density at radius 3 is 1.62 bits per heavy atom. The summed E-state index contributed by atoms with van der Waals surface area (Å²) in [5.74, 6) is 0.712. The van der Waals surface area contributed by atoms with Crippen molar-refractivity contribution in [2.24, 2.45) is 0 Å². The van der Waals surface area contributed by atoms with Gasteiger partial charge in [0.05, 0.1) is 11.4 Å². The Bertz CT molecular complexity index is 2780. The minimum atomic E-state index is -0.106. The minimum Gasteiger partial charge on any atom is -0.228 e. The molecule has 2 heteroatoms. The Hall–Kier alpha value is -6.64. The van der Waals surface area contributed by atoms with Gasteiger partial charge in [-0.2, -0.15) is 0 Å². The van der Waals surface area contributed by atoms with E-state index in [4.69, 9.17) is 9.97 Å². The van der Waals surface area contributed by atoms with Gasteiger partial charge in [0.2, 0.25) is 0 Å². The Labute approximate surface area is 310 Å². The molecule has 9 aromatic rings. The number of nitrogens with zero attached hydrogens (tertiary/aromatic N) is 2. The van der Waals surface area contributed by atoms with E-state index in [0.29, 0.717) is 5.82 Å². The van der Waals surface area contributed by atoms with Gasteiger partial charge in [-0.1, -0.05) is 184 Å². The Morgan fingerprint density at radius 2 is 0.887 bits per heavy atom. The first-order chi connectivity index (χ1) is 26.1. The molecule has 0 saturated heterocycles. The van der Waals surface area contributed by atoms with Crippen LogP contribution in [0.4, 0.5) is 0 Å². The molecule has 0 aliphatic heterocycles. The smallest absolute Gasteiger partial charge is 0.160 e. The molecule has 1 aromatic heterocycles. The van der Waals surface area contributed by atoms with Gasteiger partial charge in [-0.15, -0.1) is 0 Å². The van der Waals surface area contributed by atoms with Gasteiger partial charge in [0.15, 0.2) is 5.82 Å². The average molecular weight is 677 g/mol. The second kappa shape index (κ2) is 12.3. The van der Waals surface area contributed by atoms with Crippen molar-refractivity contribution in [2.75, 3.05) is 0 Å². The SMILES string of the molecule is CC1(C)c2ccccc2-c2c(-c3c4ccccc4c(-c4cc(-c5ccccc5)nc(-c5ccccc5)n4)c4ccc(-c5ccccc5)cc34)cccc21. The monoisotopic (exact) mass is 676 g/mol. The van der Waals surface area contributed by atoms with E-state index >= 15 is 0 Å². The number of aromatic nitrogens is 2. The average Bonchev–Trinajstić information content (AvgIpc) is 3.46. The molecule has 0 saturated carbocycles. The third-order valence-corrected chi connectivity index (χ3v) is 11.1. The van der Waals surface area contributed by atoms with E-state index in [9.17, 15) is 0 Å². The van der Waals surface area contributed by atoms with Crippen LogP contribution in [0.3, 0.4) is 0 Å². The molecule has 1 aliphatic carbocycles. The summed E-state index contributed by atoms with van der Waals surface area (Å²) < 4.78 is 0. The van der Waals surface area contributed by atoms with Gasteiger partial charge in [0.1, 0.15) is 0 Å². The van der Waals surface area contributed by atoms with E-state index in [1.54, 1.807) is 0 Å². The van der Waals surface area contributed by atoms with E-state index in [-0.39, 0.29) is 5.41 Å². The summed E-state index contributed by atoms with van der Waals surface area (Å²) in [4.78, 5) is 10.5. The Balaban J connectivity index is 1.34. The maximum absolute atomic E-state index is 5.38. The summed E-state index contributed by atoms with van der Waals surface area (Å²) in [6.45, 7) is 4.72. The van der Waals surface area contributed by atoms with Gasteiger partial charge in [-0.3, -0.25) is 0 Å². The van der Waals surface area contributed by atoms with Crippen LogP contribution in [0.1, 0.15) is 25.0 Å². The van der Waals surface area contributed by atoms with E-state index in [1.807, 2.05) is 12.1 Å². The Morgan fingerprint density at radius 1 is 0.340 bits per heavy atom. The minimum absolute atomic E-state index is 0.106. The largest absolute Gasteiger partial charge is 0.228 e. The topological polar surface area (TPSA) is 25.8 Å². The van der Waals surface area contributed by atoms with Gasteiger partial charge in [0.25, 0.3) is 0 Å². The normalized spacial score (nSPS) is 12.9. The predicted octanol–water partition coefficient (Wildman–Crippen LogP) is 13.4. The molecule has 0 unspecified atom stereocenters. The fourth-order valence-electron chi connectivity index (χ4n) is 8.57. The van der Waals surface area contributed by atoms with Crippen LogP contribution in [0, 0.1) is 0 Å². The first-order valence-electron chi connectivity index (χ1n) is 18.3. The molecule has 0 fully saturated rings. The van der Waals surface area contributed by atoms with Crippen molar-refractivity contribution in [3.8, 4) is 67.3 Å². The van der Waals surface area contributed by atoms with Crippen molar-refractivity contribution in [1.29, 1.82) is 0 Å². The summed E-state index contributed by atoms with van der Waals surface area (Å²) in [6.07, 6.45) is 0. The third-order valence-electron chi connectivity index (χ3n) is 11.1. The van der Waals surface area contributed by atoms with Crippen molar-refractivity contribution < 1.29 is 0 Å². The molecule has 1 heterocycles. The molecule has 0 radical (unpaired) electrons. The molecule has 0 spiro atoms. The van der Waals surface area contributed by atoms with Crippen LogP contribution in [0.5, 0.6) is 0 Å². The first-order valence-corrected chi connectivity index (χ1v) is 18.3. The molecular weight excluding hydrogens is 641 g/mol. The van der Waals surface area contributed by atoms with Gasteiger partial charge in [-0.25, -0.2) is 9.97 Å². The molecule has 8 aromatic carbocycles. The van der Waals surface area contributed by atoms with Crippen molar-refractivity contribution in [1.82, 2.24) is 9.97 Å². The number of fused-ring (bicyclic) bond motifs is 5. The van der Waals surface area contributed by atoms with Crippen LogP contribution in [0.25, 0.3) is 88.8 Å². The van der Waals surface area contributed by atoms with Crippen LogP contribution in [-0.4, -0.2) is 9.97 Å². The zero-order valence-electron chi connectivity index (χ0n) is 29.7. The van der Waals surface area contributed by atoms with Crippen LogP contribution in [0.2, 0.25) is 0 Å². The number of hydrogen-bond acceptors (Lipinski definition) is 2. The lowest BCUT2D eigenvalue weighted by molar-refractivity contribution is 0.660. The lowest BCUT2D eigenvalue weighted by atomic mass is 9.80. The molecule has 0 N–H and O–H groups in total. The fraction of sp³-hybridized carbons (Fsp3) is 0.0588. The van der Waals surface area contributed by atoms with Crippen molar-refractivity contribution in [3.63, 3.8) is 0 Å². The van der Waals surface area contributed by atoms with Crippen molar-refractivity contribution in [2.45, 2.75) is 19.3 Å². The van der Waals surface area contributed by atoms with E-state index in [1.165, 1.54) is 66.1 Å². The maximum Gasteiger partial charge on any atom is 0.160 e. The fourth-order valence-corrected chi connectivity index (χ4v) is 8.57. The summed E-state index contributed by atoms with van der Waals surface area (Å²) in [5, 5.41) is 4.74. The summed E-state index contributed by atoms with van der Waals surface area (Å²) in [6, 6.07) is 65.4. The zero-order chi connectivity index (χ0) is 35.5. The lowest BCUT2D eigenvalue weighted by Crippen LogP contribution is -2.14. The first kappa shape index (κ1) is 31.1. The van der Waals surface area contributed by atoms with Gasteiger partial charge < -0.3 is 0 Å². The van der Waals surface area contributed by atoms with E-state index in [2.05, 4.69) is 184 Å². The molecule has 0 bridgehead atoms. The molecule has 0 atom stereocenters. The van der Waals surface area contributed by atoms with Gasteiger partial charge >= 0.3 is 0 Å². The highest BCUT2D eigenvalue weighted by Gasteiger charge is 2.37. The van der Waals surface area contributed by atoms with Crippen molar-refractivity contribution >= 4 is 21.5 Å². The number of rotatable bonds is 5. The van der Waals surface area contributed by atoms with Gasteiger partial charge in [0, 0.05) is 22.1 Å².